The number of ether oxygens (including phenoxy) is 2. The van der Waals surface area contributed by atoms with Crippen LogP contribution in [0.2, 0.25) is 0 Å². The number of benzene rings is 1. The van der Waals surface area contributed by atoms with E-state index in [1.165, 1.54) is 13.4 Å². The van der Waals surface area contributed by atoms with Crippen molar-refractivity contribution in [3.05, 3.63) is 41.9 Å². The zero-order chi connectivity index (χ0) is 13.8. The SMILES string of the molecule is COC(=O)c1ncn(Cc2cccc(OC)c2)c1N. The van der Waals surface area contributed by atoms with Crippen LogP contribution < -0.4 is 10.5 Å². The smallest absolute Gasteiger partial charge is 0.360 e. The number of rotatable bonds is 4. The van der Waals surface area contributed by atoms with Crippen molar-refractivity contribution >= 4 is 11.8 Å². The van der Waals surface area contributed by atoms with Crippen LogP contribution in [0.4, 0.5) is 5.82 Å². The lowest BCUT2D eigenvalue weighted by Crippen LogP contribution is -2.09. The highest BCUT2D eigenvalue weighted by Crippen LogP contribution is 2.17. The molecule has 19 heavy (non-hydrogen) atoms. The summed E-state index contributed by atoms with van der Waals surface area (Å²) in [4.78, 5) is 15.4. The summed E-state index contributed by atoms with van der Waals surface area (Å²) in [6.07, 6.45) is 1.51. The Morgan fingerprint density at radius 2 is 2.21 bits per heavy atom. The molecule has 2 N–H and O–H groups in total. The lowest BCUT2D eigenvalue weighted by molar-refractivity contribution is 0.0596. The van der Waals surface area contributed by atoms with Crippen LogP contribution in [0.1, 0.15) is 16.1 Å². The summed E-state index contributed by atoms with van der Waals surface area (Å²) < 4.78 is 11.4. The minimum absolute atomic E-state index is 0.130. The largest absolute Gasteiger partial charge is 0.497 e. The molecule has 0 bridgehead atoms. The normalized spacial score (nSPS) is 10.2. The van der Waals surface area contributed by atoms with E-state index in [0.717, 1.165) is 11.3 Å². The molecule has 0 fully saturated rings. The van der Waals surface area contributed by atoms with E-state index in [1.807, 2.05) is 24.3 Å². The third-order valence-electron chi connectivity index (χ3n) is 2.74. The fraction of sp³-hybridized carbons (Fsp3) is 0.231. The second-order valence-corrected chi connectivity index (χ2v) is 3.95. The average molecular weight is 261 g/mol. The first-order valence-corrected chi connectivity index (χ1v) is 5.67. The van der Waals surface area contributed by atoms with Crippen LogP contribution in [-0.4, -0.2) is 29.7 Å². The molecule has 2 rings (SSSR count). The number of esters is 1. The standard InChI is InChI=1S/C13H15N3O3/c1-18-10-5-3-4-9(6-10)7-16-8-15-11(12(16)14)13(17)19-2/h3-6,8H,7,14H2,1-2H3. The molecule has 0 atom stereocenters. The quantitative estimate of drug-likeness (QED) is 0.839. The van der Waals surface area contributed by atoms with Gasteiger partial charge in [0.05, 0.1) is 27.1 Å². The number of carbonyl (C=O) groups excluding carboxylic acids is 1. The Labute approximate surface area is 110 Å². The second kappa shape index (κ2) is 5.43. The highest BCUT2D eigenvalue weighted by Gasteiger charge is 2.16. The van der Waals surface area contributed by atoms with E-state index in [1.54, 1.807) is 11.7 Å². The topological polar surface area (TPSA) is 79.4 Å². The Kier molecular flexibility index (Phi) is 3.70. The summed E-state index contributed by atoms with van der Waals surface area (Å²) >= 11 is 0. The van der Waals surface area contributed by atoms with Gasteiger partial charge in [0.2, 0.25) is 0 Å². The molecule has 2 aromatic rings. The highest BCUT2D eigenvalue weighted by atomic mass is 16.5. The summed E-state index contributed by atoms with van der Waals surface area (Å²) in [5.41, 5.74) is 7.00. The summed E-state index contributed by atoms with van der Waals surface area (Å²) in [6.45, 7) is 0.507. The van der Waals surface area contributed by atoms with E-state index in [0.29, 0.717) is 6.54 Å². The number of carbonyl (C=O) groups is 1. The van der Waals surface area contributed by atoms with Crippen molar-refractivity contribution in [1.82, 2.24) is 9.55 Å². The van der Waals surface area contributed by atoms with Gasteiger partial charge in [-0.3, -0.25) is 0 Å². The number of imidazole rings is 1. The van der Waals surface area contributed by atoms with Crippen molar-refractivity contribution in [3.8, 4) is 5.75 Å². The number of hydrogen-bond acceptors (Lipinski definition) is 5. The van der Waals surface area contributed by atoms with Gasteiger partial charge in [-0.2, -0.15) is 0 Å². The van der Waals surface area contributed by atoms with Crippen LogP contribution in [0.3, 0.4) is 0 Å². The summed E-state index contributed by atoms with van der Waals surface area (Å²) in [7, 11) is 2.91. The second-order valence-electron chi connectivity index (χ2n) is 3.95. The molecule has 0 aliphatic rings. The Hall–Kier alpha value is -2.50. The monoisotopic (exact) mass is 261 g/mol. The first kappa shape index (κ1) is 12.9. The van der Waals surface area contributed by atoms with Crippen molar-refractivity contribution in [2.45, 2.75) is 6.54 Å². The molecular formula is C13H15N3O3. The lowest BCUT2D eigenvalue weighted by atomic mass is 10.2. The zero-order valence-electron chi connectivity index (χ0n) is 10.8. The third-order valence-corrected chi connectivity index (χ3v) is 2.74. The van der Waals surface area contributed by atoms with Crippen molar-refractivity contribution in [2.24, 2.45) is 0 Å². The molecule has 0 saturated heterocycles. The molecule has 100 valence electrons. The average Bonchev–Trinajstić information content (AvgIpc) is 2.80. The minimum atomic E-state index is -0.540. The number of anilines is 1. The Bertz CT molecular complexity index is 593. The molecule has 0 aliphatic heterocycles. The number of aromatic nitrogens is 2. The van der Waals surface area contributed by atoms with E-state index >= 15 is 0 Å². The third kappa shape index (κ3) is 2.67. The van der Waals surface area contributed by atoms with Crippen LogP contribution in [0.25, 0.3) is 0 Å². The summed E-state index contributed by atoms with van der Waals surface area (Å²) in [6, 6.07) is 7.60. The van der Waals surface area contributed by atoms with Crippen LogP contribution in [0.15, 0.2) is 30.6 Å². The highest BCUT2D eigenvalue weighted by molar-refractivity contribution is 5.92. The van der Waals surface area contributed by atoms with Crippen LogP contribution >= 0.6 is 0 Å². The van der Waals surface area contributed by atoms with Crippen molar-refractivity contribution in [1.29, 1.82) is 0 Å². The Morgan fingerprint density at radius 3 is 2.89 bits per heavy atom. The number of methoxy groups -OCH3 is 2. The molecular weight excluding hydrogens is 246 g/mol. The van der Waals surface area contributed by atoms with E-state index in [2.05, 4.69) is 9.72 Å². The van der Waals surface area contributed by atoms with Gasteiger partial charge in [0.25, 0.3) is 0 Å². The number of hydrogen-bond donors (Lipinski definition) is 1. The Balaban J connectivity index is 2.24. The van der Waals surface area contributed by atoms with Crippen LogP contribution in [0, 0.1) is 0 Å². The molecule has 6 heteroatoms. The minimum Gasteiger partial charge on any atom is -0.497 e. The molecule has 0 saturated carbocycles. The molecule has 0 spiro atoms. The lowest BCUT2D eigenvalue weighted by Gasteiger charge is -2.07. The van der Waals surface area contributed by atoms with Gasteiger partial charge in [-0.15, -0.1) is 0 Å². The molecule has 0 radical (unpaired) electrons. The van der Waals surface area contributed by atoms with Crippen molar-refractivity contribution < 1.29 is 14.3 Å². The molecule has 1 aromatic heterocycles. The maximum atomic E-state index is 11.4. The van der Waals surface area contributed by atoms with E-state index in [-0.39, 0.29) is 11.5 Å². The molecule has 1 aromatic carbocycles. The van der Waals surface area contributed by atoms with Gasteiger partial charge in [0.15, 0.2) is 5.69 Å². The summed E-state index contributed by atoms with van der Waals surface area (Å²) in [5, 5.41) is 0. The van der Waals surface area contributed by atoms with Gasteiger partial charge in [0, 0.05) is 0 Å². The van der Waals surface area contributed by atoms with Crippen molar-refractivity contribution in [2.75, 3.05) is 20.0 Å². The zero-order valence-corrected chi connectivity index (χ0v) is 10.8. The number of nitrogens with two attached hydrogens (primary N) is 1. The maximum absolute atomic E-state index is 11.4. The van der Waals surface area contributed by atoms with Crippen LogP contribution in [-0.2, 0) is 11.3 Å². The van der Waals surface area contributed by atoms with Gasteiger partial charge in [0.1, 0.15) is 11.6 Å². The van der Waals surface area contributed by atoms with Gasteiger partial charge in [-0.1, -0.05) is 12.1 Å². The van der Waals surface area contributed by atoms with Gasteiger partial charge >= 0.3 is 5.97 Å². The molecule has 6 nitrogen and oxygen atoms in total. The van der Waals surface area contributed by atoms with E-state index in [4.69, 9.17) is 10.5 Å². The molecule has 0 unspecified atom stereocenters. The predicted molar refractivity (Wildman–Crippen MR) is 70.1 cm³/mol. The van der Waals surface area contributed by atoms with Crippen LogP contribution in [0.5, 0.6) is 5.75 Å². The van der Waals surface area contributed by atoms with E-state index < -0.39 is 5.97 Å². The Morgan fingerprint density at radius 1 is 1.42 bits per heavy atom. The van der Waals surface area contributed by atoms with Gasteiger partial charge in [-0.25, -0.2) is 9.78 Å². The first-order chi connectivity index (χ1) is 9.15. The number of nitrogens with zero attached hydrogens (tertiary/aromatic N) is 2. The molecule has 0 aliphatic carbocycles. The summed E-state index contributed by atoms with van der Waals surface area (Å²) in [5.74, 6) is 0.515. The fourth-order valence-corrected chi connectivity index (χ4v) is 1.74. The first-order valence-electron chi connectivity index (χ1n) is 5.67. The fourth-order valence-electron chi connectivity index (χ4n) is 1.74. The van der Waals surface area contributed by atoms with E-state index in [9.17, 15) is 4.79 Å². The predicted octanol–water partition coefficient (Wildman–Crippen LogP) is 1.31. The number of nitrogen functional groups attached to an aromatic ring is 1. The molecule has 1 heterocycles. The van der Waals surface area contributed by atoms with Crippen molar-refractivity contribution in [3.63, 3.8) is 0 Å². The molecule has 0 amide bonds. The van der Waals surface area contributed by atoms with Gasteiger partial charge < -0.3 is 19.8 Å². The maximum Gasteiger partial charge on any atom is 0.360 e. The van der Waals surface area contributed by atoms with Gasteiger partial charge in [-0.05, 0) is 17.7 Å².